The maximum Gasteiger partial charge on any atom is 0.264 e. The Balaban J connectivity index is 1.89. The first-order valence-corrected chi connectivity index (χ1v) is 8.05. The fraction of sp³-hybridized carbons (Fsp3) is 0.200. The number of ether oxygens (including phenoxy) is 1. The van der Waals surface area contributed by atoms with Crippen LogP contribution in [0.25, 0.3) is 0 Å². The Bertz CT molecular complexity index is 679. The van der Waals surface area contributed by atoms with E-state index in [4.69, 9.17) is 8.92 Å². The molecule has 4 nitrogen and oxygen atoms in total. The van der Waals surface area contributed by atoms with E-state index in [1.807, 2.05) is 0 Å². The lowest BCUT2D eigenvalue weighted by atomic mass is 10.2. The van der Waals surface area contributed by atoms with E-state index < -0.39 is 10.1 Å². The van der Waals surface area contributed by atoms with E-state index >= 15 is 0 Å². The summed E-state index contributed by atoms with van der Waals surface area (Å²) in [4.78, 5) is 0. The molecule has 2 rings (SSSR count). The Hall–Kier alpha value is -1.92. The molecule has 0 N–H and O–H groups in total. The molecule has 0 aliphatic carbocycles. The number of hydrogen-bond acceptors (Lipinski definition) is 4. The Morgan fingerprint density at radius 1 is 0.905 bits per heavy atom. The number of rotatable bonds is 6. The van der Waals surface area contributed by atoms with Gasteiger partial charge in [0, 0.05) is 0 Å². The summed E-state index contributed by atoms with van der Waals surface area (Å²) in [6.07, 6.45) is 1.01. The highest BCUT2D eigenvalue weighted by Gasteiger charge is 2.03. The summed E-state index contributed by atoms with van der Waals surface area (Å²) in [5.74, 6) is 0.358. The van der Waals surface area contributed by atoms with Crippen molar-refractivity contribution in [1.82, 2.24) is 0 Å². The van der Waals surface area contributed by atoms with Crippen LogP contribution in [0.2, 0.25) is 0 Å². The van der Waals surface area contributed by atoms with Crippen LogP contribution < -0.4 is 4.74 Å². The van der Waals surface area contributed by atoms with Gasteiger partial charge in [0.15, 0.2) is 0 Å². The van der Waals surface area contributed by atoms with E-state index in [1.165, 1.54) is 12.1 Å². The van der Waals surface area contributed by atoms with Crippen molar-refractivity contribution in [2.24, 2.45) is 0 Å². The molecule has 112 valence electrons. The second-order valence-corrected chi connectivity index (χ2v) is 6.17. The first-order valence-electron chi connectivity index (χ1n) is 6.23. The average molecular weight is 310 g/mol. The van der Waals surface area contributed by atoms with Crippen LogP contribution in [0.1, 0.15) is 11.1 Å². The molecule has 0 aromatic heterocycles. The molecule has 0 fully saturated rings. The minimum Gasteiger partial charge on any atom is -0.489 e. The Morgan fingerprint density at radius 3 is 2.00 bits per heavy atom. The molecule has 0 heterocycles. The number of halogens is 1. The molecule has 0 atom stereocenters. The molecule has 21 heavy (non-hydrogen) atoms. The second kappa shape index (κ2) is 6.69. The van der Waals surface area contributed by atoms with Gasteiger partial charge in [0.05, 0.1) is 12.9 Å². The first-order chi connectivity index (χ1) is 9.92. The molecule has 2 aromatic carbocycles. The fourth-order valence-electron chi connectivity index (χ4n) is 1.60. The van der Waals surface area contributed by atoms with Crippen molar-refractivity contribution < 1.29 is 21.7 Å². The molecule has 0 saturated carbocycles. The molecule has 2 aromatic rings. The third-order valence-corrected chi connectivity index (χ3v) is 3.23. The van der Waals surface area contributed by atoms with Crippen LogP contribution in [-0.2, 0) is 27.5 Å². The lowest BCUT2D eigenvalue weighted by Gasteiger charge is -2.07. The minimum absolute atomic E-state index is 0.00290. The van der Waals surface area contributed by atoms with Crippen molar-refractivity contribution in [3.8, 4) is 5.75 Å². The van der Waals surface area contributed by atoms with E-state index in [0.717, 1.165) is 17.4 Å². The van der Waals surface area contributed by atoms with Crippen molar-refractivity contribution in [2.75, 3.05) is 6.26 Å². The molecular weight excluding hydrogens is 295 g/mol. The maximum atomic E-state index is 12.8. The van der Waals surface area contributed by atoms with Crippen molar-refractivity contribution in [2.45, 2.75) is 13.2 Å². The molecular formula is C15H15FO4S. The van der Waals surface area contributed by atoms with E-state index in [2.05, 4.69) is 0 Å². The van der Waals surface area contributed by atoms with Gasteiger partial charge in [-0.15, -0.1) is 0 Å². The van der Waals surface area contributed by atoms with E-state index in [9.17, 15) is 12.8 Å². The summed E-state index contributed by atoms with van der Waals surface area (Å²) in [5.41, 5.74) is 1.59. The molecule has 0 unspecified atom stereocenters. The summed E-state index contributed by atoms with van der Waals surface area (Å²) in [7, 11) is -3.44. The minimum atomic E-state index is -3.44. The predicted octanol–water partition coefficient (Wildman–Crippen LogP) is 2.88. The van der Waals surface area contributed by atoms with E-state index in [1.54, 1.807) is 36.4 Å². The number of hydrogen-bond donors (Lipinski definition) is 0. The molecule has 6 heteroatoms. The van der Waals surface area contributed by atoms with E-state index in [0.29, 0.717) is 12.4 Å². The Morgan fingerprint density at radius 2 is 1.43 bits per heavy atom. The zero-order chi connectivity index (χ0) is 15.3. The summed E-state index contributed by atoms with van der Waals surface area (Å²) < 4.78 is 44.8. The third kappa shape index (κ3) is 5.53. The van der Waals surface area contributed by atoms with Crippen LogP contribution in [0.5, 0.6) is 5.75 Å². The maximum absolute atomic E-state index is 12.8. The summed E-state index contributed by atoms with van der Waals surface area (Å²) in [6.45, 7) is 0.330. The van der Waals surface area contributed by atoms with Gasteiger partial charge in [-0.05, 0) is 35.4 Å². The summed E-state index contributed by atoms with van der Waals surface area (Å²) >= 11 is 0. The average Bonchev–Trinajstić information content (AvgIpc) is 2.45. The highest BCUT2D eigenvalue weighted by molar-refractivity contribution is 7.85. The predicted molar refractivity (Wildman–Crippen MR) is 76.8 cm³/mol. The van der Waals surface area contributed by atoms with Crippen molar-refractivity contribution >= 4 is 10.1 Å². The smallest absolute Gasteiger partial charge is 0.264 e. The van der Waals surface area contributed by atoms with Gasteiger partial charge in [0.2, 0.25) is 0 Å². The van der Waals surface area contributed by atoms with Crippen LogP contribution in [-0.4, -0.2) is 14.7 Å². The zero-order valence-electron chi connectivity index (χ0n) is 11.5. The van der Waals surface area contributed by atoms with Crippen molar-refractivity contribution in [3.05, 3.63) is 65.5 Å². The van der Waals surface area contributed by atoms with E-state index in [-0.39, 0.29) is 12.4 Å². The van der Waals surface area contributed by atoms with Gasteiger partial charge in [-0.3, -0.25) is 4.18 Å². The highest BCUT2D eigenvalue weighted by atomic mass is 32.2. The summed E-state index contributed by atoms with van der Waals surface area (Å²) in [6, 6.07) is 13.0. The first kappa shape index (κ1) is 15.5. The van der Waals surface area contributed by atoms with Crippen LogP contribution in [0.4, 0.5) is 4.39 Å². The largest absolute Gasteiger partial charge is 0.489 e. The number of benzene rings is 2. The van der Waals surface area contributed by atoms with Gasteiger partial charge in [-0.1, -0.05) is 24.3 Å². The lowest BCUT2D eigenvalue weighted by molar-refractivity contribution is 0.303. The normalized spacial score (nSPS) is 11.3. The van der Waals surface area contributed by atoms with Crippen LogP contribution in [0.15, 0.2) is 48.5 Å². The lowest BCUT2D eigenvalue weighted by Crippen LogP contribution is -2.02. The quantitative estimate of drug-likeness (QED) is 0.770. The highest BCUT2D eigenvalue weighted by Crippen LogP contribution is 2.15. The van der Waals surface area contributed by atoms with Crippen LogP contribution in [0.3, 0.4) is 0 Å². The Kier molecular flexibility index (Phi) is 4.93. The van der Waals surface area contributed by atoms with Crippen LogP contribution in [0, 0.1) is 5.82 Å². The topological polar surface area (TPSA) is 52.6 Å². The van der Waals surface area contributed by atoms with Gasteiger partial charge in [-0.2, -0.15) is 8.42 Å². The molecule has 0 amide bonds. The van der Waals surface area contributed by atoms with Crippen molar-refractivity contribution in [3.63, 3.8) is 0 Å². The van der Waals surface area contributed by atoms with Gasteiger partial charge in [0.25, 0.3) is 10.1 Å². The molecule has 0 bridgehead atoms. The van der Waals surface area contributed by atoms with Gasteiger partial charge < -0.3 is 4.74 Å². The van der Waals surface area contributed by atoms with Crippen molar-refractivity contribution in [1.29, 1.82) is 0 Å². The zero-order valence-corrected chi connectivity index (χ0v) is 12.3. The standard InChI is InChI=1S/C15H15FO4S/c1-21(17,18)20-11-13-4-8-15(9-5-13)19-10-12-2-6-14(16)7-3-12/h2-9H,10-11H2,1H3. The molecule has 0 radical (unpaired) electrons. The Labute approximate surface area is 123 Å². The fourth-order valence-corrected chi connectivity index (χ4v) is 1.95. The van der Waals surface area contributed by atoms with Gasteiger partial charge >= 0.3 is 0 Å². The SMILES string of the molecule is CS(=O)(=O)OCc1ccc(OCc2ccc(F)cc2)cc1. The van der Waals surface area contributed by atoms with Gasteiger partial charge in [0.1, 0.15) is 18.2 Å². The third-order valence-electron chi connectivity index (χ3n) is 2.68. The molecule has 0 saturated heterocycles. The van der Waals surface area contributed by atoms with Gasteiger partial charge in [-0.25, -0.2) is 4.39 Å². The molecule has 0 spiro atoms. The molecule has 0 aliphatic heterocycles. The second-order valence-electron chi connectivity index (χ2n) is 4.53. The van der Waals surface area contributed by atoms with Crippen LogP contribution >= 0.6 is 0 Å². The monoisotopic (exact) mass is 310 g/mol. The summed E-state index contributed by atoms with van der Waals surface area (Å²) in [5, 5.41) is 0. The molecule has 0 aliphatic rings.